The van der Waals surface area contributed by atoms with Crippen LogP contribution in [0.1, 0.15) is 24.2 Å². The number of hydrogen-bond acceptors (Lipinski definition) is 2. The number of benzene rings is 1. The molecule has 1 aromatic rings. The van der Waals surface area contributed by atoms with Crippen molar-refractivity contribution in [3.63, 3.8) is 0 Å². The van der Waals surface area contributed by atoms with Crippen LogP contribution in [0.5, 0.6) is 5.75 Å². The first-order chi connectivity index (χ1) is 9.24. The van der Waals surface area contributed by atoms with E-state index in [9.17, 15) is 4.79 Å². The van der Waals surface area contributed by atoms with Gasteiger partial charge in [-0.25, -0.2) is 0 Å². The Balaban J connectivity index is 2.79. The lowest BCUT2D eigenvalue weighted by Gasteiger charge is -2.25. The predicted octanol–water partition coefficient (Wildman–Crippen LogP) is 2.09. The summed E-state index contributed by atoms with van der Waals surface area (Å²) < 4.78 is 3.44. The third-order valence-electron chi connectivity index (χ3n) is 2.57. The van der Waals surface area contributed by atoms with Crippen molar-refractivity contribution in [2.75, 3.05) is 7.11 Å². The number of carbonyl (C=O) groups is 1. The van der Waals surface area contributed by atoms with Gasteiger partial charge < -0.3 is 10.1 Å². The summed E-state index contributed by atoms with van der Waals surface area (Å²) in [5, 5.41) is 4.50. The van der Waals surface area contributed by atoms with E-state index in [2.05, 4.69) is 5.32 Å². The maximum absolute atomic E-state index is 12.1. The fraction of sp³-hybridized carbons (Fsp3) is 0.462. The number of quaternary nitrogens is 1. The zero-order valence-corrected chi connectivity index (χ0v) is 13.8. The summed E-state index contributed by atoms with van der Waals surface area (Å²) in [5.41, 5.74) is 0.474. The maximum Gasteiger partial charge on any atom is 0.262 e. The van der Waals surface area contributed by atoms with Crippen molar-refractivity contribution in [1.29, 1.82) is 0 Å². The summed E-state index contributed by atoms with van der Waals surface area (Å²) in [7, 11) is 1.56. The summed E-state index contributed by atoms with van der Waals surface area (Å²) in [6.45, 7) is 3.89. The van der Waals surface area contributed by atoms with E-state index in [1.54, 1.807) is 36.7 Å². The minimum absolute atomic E-state index is 0.173. The van der Waals surface area contributed by atoms with Crippen LogP contribution < -0.4 is 15.4 Å². The molecule has 0 unspecified atom stereocenters. The average molecular weight is 341 g/mol. The van der Waals surface area contributed by atoms with E-state index in [1.165, 1.54) is 0 Å². The predicted molar refractivity (Wildman–Crippen MR) is 81.6 cm³/mol. The zero-order chi connectivity index (χ0) is 15.3. The van der Waals surface area contributed by atoms with Crippen LogP contribution in [0.15, 0.2) is 24.3 Å². The molecule has 1 rings (SSSR count). The molecule has 20 heavy (non-hydrogen) atoms. The van der Waals surface area contributed by atoms with E-state index in [1.807, 2.05) is 13.8 Å². The van der Waals surface area contributed by atoms with E-state index in [-0.39, 0.29) is 11.9 Å². The standard InChI is InChI=1S/C13H17Cl3N2O2/c1-8(2)17-12(13(14,15)16)18-11(19)9-4-6-10(20-3)7-5-9/h4-8,12,17H,1-3H3,(H,18,19)/p+1/t12-/m0/s1. The number of alkyl halides is 3. The zero-order valence-electron chi connectivity index (χ0n) is 11.5. The van der Waals surface area contributed by atoms with E-state index in [0.29, 0.717) is 11.3 Å². The average Bonchev–Trinajstić information content (AvgIpc) is 2.36. The highest BCUT2D eigenvalue weighted by atomic mass is 35.6. The van der Waals surface area contributed by atoms with Gasteiger partial charge in [-0.2, -0.15) is 0 Å². The Labute approximate surface area is 133 Å². The van der Waals surface area contributed by atoms with Gasteiger partial charge in [-0.3, -0.25) is 10.1 Å². The number of amides is 1. The smallest absolute Gasteiger partial charge is 0.262 e. The molecule has 4 nitrogen and oxygen atoms in total. The minimum Gasteiger partial charge on any atom is -0.497 e. The van der Waals surface area contributed by atoms with Gasteiger partial charge in [0.25, 0.3) is 9.70 Å². The number of ether oxygens (including phenoxy) is 1. The molecule has 3 N–H and O–H groups in total. The SMILES string of the molecule is COc1ccc(C(=O)N[C@H]([NH2+]C(C)C)C(Cl)(Cl)Cl)cc1. The topological polar surface area (TPSA) is 54.9 Å². The first kappa shape index (κ1) is 17.4. The minimum atomic E-state index is -1.59. The van der Waals surface area contributed by atoms with E-state index in [4.69, 9.17) is 39.5 Å². The molecule has 1 atom stereocenters. The van der Waals surface area contributed by atoms with Gasteiger partial charge in [0, 0.05) is 5.56 Å². The number of methoxy groups -OCH3 is 1. The Hall–Kier alpha value is -0.680. The van der Waals surface area contributed by atoms with Crippen molar-refractivity contribution in [3.8, 4) is 5.75 Å². The van der Waals surface area contributed by atoms with Crippen molar-refractivity contribution in [2.24, 2.45) is 0 Å². The van der Waals surface area contributed by atoms with Crippen LogP contribution in [-0.2, 0) is 0 Å². The lowest BCUT2D eigenvalue weighted by Crippen LogP contribution is -2.99. The van der Waals surface area contributed by atoms with Crippen LogP contribution in [0, 0.1) is 0 Å². The molecular weight excluding hydrogens is 323 g/mol. The second-order valence-electron chi connectivity index (χ2n) is 4.66. The van der Waals surface area contributed by atoms with E-state index < -0.39 is 9.96 Å². The van der Waals surface area contributed by atoms with Gasteiger partial charge in [-0.1, -0.05) is 34.8 Å². The van der Waals surface area contributed by atoms with Crippen molar-refractivity contribution in [3.05, 3.63) is 29.8 Å². The molecule has 0 bridgehead atoms. The molecule has 1 amide bonds. The second-order valence-corrected chi connectivity index (χ2v) is 7.03. The fourth-order valence-electron chi connectivity index (χ4n) is 1.59. The third kappa shape index (κ3) is 5.37. The Morgan fingerprint density at radius 3 is 2.20 bits per heavy atom. The number of hydrogen-bond donors (Lipinski definition) is 2. The second kappa shape index (κ2) is 7.36. The monoisotopic (exact) mass is 339 g/mol. The molecular formula is C13H18Cl3N2O2+. The Morgan fingerprint density at radius 2 is 1.80 bits per heavy atom. The van der Waals surface area contributed by atoms with Gasteiger partial charge in [0.05, 0.1) is 13.2 Å². The number of carbonyl (C=O) groups excluding carboxylic acids is 1. The summed E-state index contributed by atoms with van der Waals surface area (Å²) in [5.74, 6) is 0.370. The molecule has 0 fully saturated rings. The van der Waals surface area contributed by atoms with Gasteiger partial charge >= 0.3 is 0 Å². The van der Waals surface area contributed by atoms with Crippen LogP contribution in [0.25, 0.3) is 0 Å². The van der Waals surface area contributed by atoms with Crippen LogP contribution in [0.4, 0.5) is 0 Å². The van der Waals surface area contributed by atoms with Crippen LogP contribution in [-0.4, -0.2) is 29.0 Å². The van der Waals surface area contributed by atoms with Crippen molar-refractivity contribution >= 4 is 40.7 Å². The van der Waals surface area contributed by atoms with Crippen molar-refractivity contribution < 1.29 is 14.8 Å². The fourth-order valence-corrected chi connectivity index (χ4v) is 1.97. The number of rotatable bonds is 5. The van der Waals surface area contributed by atoms with E-state index >= 15 is 0 Å². The molecule has 0 saturated heterocycles. The molecule has 7 heteroatoms. The third-order valence-corrected chi connectivity index (χ3v) is 3.27. The van der Waals surface area contributed by atoms with E-state index in [0.717, 1.165) is 0 Å². The molecule has 0 heterocycles. The normalized spacial score (nSPS) is 13.2. The summed E-state index contributed by atoms with van der Waals surface area (Å²) >= 11 is 17.7. The van der Waals surface area contributed by atoms with Crippen LogP contribution >= 0.6 is 34.8 Å². The highest BCUT2D eigenvalue weighted by Gasteiger charge is 2.38. The first-order valence-electron chi connectivity index (χ1n) is 6.10. The summed E-state index contributed by atoms with van der Waals surface area (Å²) in [6, 6.07) is 6.88. The molecule has 0 radical (unpaired) electrons. The largest absolute Gasteiger partial charge is 0.497 e. The first-order valence-corrected chi connectivity index (χ1v) is 7.24. The van der Waals surface area contributed by atoms with Crippen molar-refractivity contribution in [1.82, 2.24) is 5.32 Å². The highest BCUT2D eigenvalue weighted by Crippen LogP contribution is 2.27. The Kier molecular flexibility index (Phi) is 6.40. The molecule has 0 aliphatic heterocycles. The Bertz CT molecular complexity index is 444. The molecule has 0 spiro atoms. The lowest BCUT2D eigenvalue weighted by atomic mass is 10.2. The van der Waals surface area contributed by atoms with Crippen molar-refractivity contribution in [2.45, 2.75) is 29.8 Å². The highest BCUT2D eigenvalue weighted by molar-refractivity contribution is 6.68. The molecule has 0 aromatic heterocycles. The van der Waals surface area contributed by atoms with Crippen LogP contribution in [0.3, 0.4) is 0 Å². The number of nitrogens with one attached hydrogen (secondary N) is 1. The van der Waals surface area contributed by atoms with Gasteiger partial charge in [0.1, 0.15) is 5.75 Å². The number of nitrogens with two attached hydrogens (primary N) is 1. The molecule has 0 aliphatic carbocycles. The van der Waals surface area contributed by atoms with Gasteiger partial charge in [-0.15, -0.1) is 0 Å². The molecule has 0 saturated carbocycles. The quantitative estimate of drug-likeness (QED) is 0.637. The molecule has 1 aromatic carbocycles. The van der Waals surface area contributed by atoms with Crippen LogP contribution in [0.2, 0.25) is 0 Å². The van der Waals surface area contributed by atoms with Gasteiger partial charge in [0.15, 0.2) is 0 Å². The molecule has 0 aliphatic rings. The summed E-state index contributed by atoms with van der Waals surface area (Å²) in [4.78, 5) is 12.1. The van der Waals surface area contributed by atoms with Gasteiger partial charge in [0.2, 0.25) is 6.17 Å². The maximum atomic E-state index is 12.1. The summed E-state index contributed by atoms with van der Waals surface area (Å²) in [6.07, 6.45) is -0.665. The lowest BCUT2D eigenvalue weighted by molar-refractivity contribution is -0.717. The number of halogens is 3. The van der Waals surface area contributed by atoms with Gasteiger partial charge in [-0.05, 0) is 38.1 Å². The Morgan fingerprint density at radius 1 is 1.25 bits per heavy atom. The molecule has 112 valence electrons.